The Bertz CT molecular complexity index is 531. The van der Waals surface area contributed by atoms with Gasteiger partial charge in [0, 0.05) is 12.5 Å². The summed E-state index contributed by atoms with van der Waals surface area (Å²) in [6.45, 7) is 0. The second-order valence-electron chi connectivity index (χ2n) is 4.02. The Morgan fingerprint density at radius 1 is 1.16 bits per heavy atom. The van der Waals surface area contributed by atoms with E-state index in [1.54, 1.807) is 18.2 Å². The first kappa shape index (κ1) is 15.3. The summed E-state index contributed by atoms with van der Waals surface area (Å²) in [5.74, 6) is 0.708. The third kappa shape index (κ3) is 5.60. The summed E-state index contributed by atoms with van der Waals surface area (Å²) in [6, 6.07) is 5.27. The first-order valence-corrected chi connectivity index (χ1v) is 7.46. The second kappa shape index (κ2) is 6.42. The van der Waals surface area contributed by atoms with Crippen molar-refractivity contribution in [1.82, 2.24) is 4.72 Å². The second-order valence-corrected chi connectivity index (χ2v) is 5.77. The number of amides is 1. The van der Waals surface area contributed by atoms with E-state index in [0.29, 0.717) is 17.9 Å². The van der Waals surface area contributed by atoms with Crippen LogP contribution < -0.4 is 14.2 Å². The van der Waals surface area contributed by atoms with Crippen molar-refractivity contribution in [3.05, 3.63) is 23.8 Å². The van der Waals surface area contributed by atoms with Crippen molar-refractivity contribution in [2.24, 2.45) is 0 Å². The summed E-state index contributed by atoms with van der Waals surface area (Å²) < 4.78 is 33.9. The van der Waals surface area contributed by atoms with Crippen molar-refractivity contribution >= 4 is 15.9 Å². The van der Waals surface area contributed by atoms with Crippen LogP contribution in [0.1, 0.15) is 12.0 Å². The lowest BCUT2D eigenvalue weighted by Crippen LogP contribution is -2.29. The van der Waals surface area contributed by atoms with Gasteiger partial charge in [0.25, 0.3) is 0 Å². The maximum Gasteiger partial charge on any atom is 0.233 e. The lowest BCUT2D eigenvalue weighted by Gasteiger charge is -2.08. The first-order chi connectivity index (χ1) is 8.84. The minimum absolute atomic E-state index is 0.0728. The molecule has 1 N–H and O–H groups in total. The maximum absolute atomic E-state index is 11.4. The molecule has 1 aromatic rings. The first-order valence-electron chi connectivity index (χ1n) is 5.56. The molecule has 7 heteroatoms. The minimum Gasteiger partial charge on any atom is -0.497 e. The Hall–Kier alpha value is -1.76. The highest BCUT2D eigenvalue weighted by Gasteiger charge is 2.09. The van der Waals surface area contributed by atoms with E-state index in [0.717, 1.165) is 11.8 Å². The predicted molar refractivity (Wildman–Crippen MR) is 70.9 cm³/mol. The fraction of sp³-hybridized carbons (Fsp3) is 0.417. The molecule has 0 atom stereocenters. The Kier molecular flexibility index (Phi) is 5.17. The number of ether oxygens (including phenoxy) is 2. The summed E-state index contributed by atoms with van der Waals surface area (Å²) >= 11 is 0. The number of nitrogens with one attached hydrogen (secondary N) is 1. The lowest BCUT2D eigenvalue weighted by molar-refractivity contribution is -0.119. The highest BCUT2D eigenvalue weighted by Crippen LogP contribution is 2.23. The van der Waals surface area contributed by atoms with Crippen LogP contribution in [0.3, 0.4) is 0 Å². The summed E-state index contributed by atoms with van der Waals surface area (Å²) in [4.78, 5) is 11.4. The zero-order valence-electron chi connectivity index (χ0n) is 11.1. The van der Waals surface area contributed by atoms with Gasteiger partial charge < -0.3 is 9.47 Å². The van der Waals surface area contributed by atoms with Crippen molar-refractivity contribution in [2.45, 2.75) is 12.8 Å². The van der Waals surface area contributed by atoms with Gasteiger partial charge in [0.15, 0.2) is 0 Å². The Morgan fingerprint density at radius 2 is 1.68 bits per heavy atom. The molecule has 0 unspecified atom stereocenters. The van der Waals surface area contributed by atoms with Gasteiger partial charge >= 0.3 is 0 Å². The molecular weight excluding hydrogens is 270 g/mol. The highest BCUT2D eigenvalue weighted by molar-refractivity contribution is 7.89. The molecule has 0 fully saturated rings. The average Bonchev–Trinajstić information content (AvgIpc) is 2.33. The van der Waals surface area contributed by atoms with Gasteiger partial charge in [-0.25, -0.2) is 8.42 Å². The van der Waals surface area contributed by atoms with E-state index in [1.165, 1.54) is 14.2 Å². The molecule has 6 nitrogen and oxygen atoms in total. The molecule has 1 rings (SSSR count). The molecule has 0 aliphatic carbocycles. The number of hydrogen-bond donors (Lipinski definition) is 1. The summed E-state index contributed by atoms with van der Waals surface area (Å²) in [5.41, 5.74) is 0.833. The number of methoxy groups -OCH3 is 2. The SMILES string of the molecule is COc1cc(CCC(=O)NS(C)(=O)=O)cc(OC)c1. The topological polar surface area (TPSA) is 81.7 Å². The normalized spacial score (nSPS) is 10.9. The monoisotopic (exact) mass is 287 g/mol. The molecule has 0 heterocycles. The van der Waals surface area contributed by atoms with Crippen molar-refractivity contribution in [3.63, 3.8) is 0 Å². The zero-order valence-corrected chi connectivity index (χ0v) is 11.9. The van der Waals surface area contributed by atoms with Crippen molar-refractivity contribution < 1.29 is 22.7 Å². The van der Waals surface area contributed by atoms with E-state index >= 15 is 0 Å². The fourth-order valence-corrected chi connectivity index (χ4v) is 2.04. The number of benzene rings is 1. The quantitative estimate of drug-likeness (QED) is 0.833. The van der Waals surface area contributed by atoms with Crippen LogP contribution >= 0.6 is 0 Å². The van der Waals surface area contributed by atoms with Gasteiger partial charge in [-0.15, -0.1) is 0 Å². The van der Waals surface area contributed by atoms with E-state index in [1.807, 2.05) is 4.72 Å². The van der Waals surface area contributed by atoms with Crippen LogP contribution in [0.5, 0.6) is 11.5 Å². The van der Waals surface area contributed by atoms with E-state index in [9.17, 15) is 13.2 Å². The van der Waals surface area contributed by atoms with Crippen LogP contribution in [0.25, 0.3) is 0 Å². The predicted octanol–water partition coefficient (Wildman–Crippen LogP) is 0.712. The van der Waals surface area contributed by atoms with Gasteiger partial charge in [-0.2, -0.15) is 0 Å². The van der Waals surface area contributed by atoms with Crippen LogP contribution in [-0.2, 0) is 21.2 Å². The van der Waals surface area contributed by atoms with Gasteiger partial charge in [-0.3, -0.25) is 9.52 Å². The van der Waals surface area contributed by atoms with Crippen molar-refractivity contribution in [2.75, 3.05) is 20.5 Å². The van der Waals surface area contributed by atoms with Crippen LogP contribution in [0.15, 0.2) is 18.2 Å². The lowest BCUT2D eigenvalue weighted by atomic mass is 10.1. The molecule has 0 saturated carbocycles. The van der Waals surface area contributed by atoms with Crippen LogP contribution in [0.2, 0.25) is 0 Å². The van der Waals surface area contributed by atoms with Crippen molar-refractivity contribution in [3.8, 4) is 11.5 Å². The maximum atomic E-state index is 11.4. The third-order valence-electron chi connectivity index (χ3n) is 2.35. The minimum atomic E-state index is -3.50. The van der Waals surface area contributed by atoms with Crippen LogP contribution in [-0.4, -0.2) is 34.8 Å². The van der Waals surface area contributed by atoms with Gasteiger partial charge in [0.2, 0.25) is 15.9 Å². The molecule has 106 valence electrons. The van der Waals surface area contributed by atoms with Gasteiger partial charge in [-0.1, -0.05) is 0 Å². The van der Waals surface area contributed by atoms with E-state index < -0.39 is 15.9 Å². The number of carbonyl (C=O) groups is 1. The Labute approximate surface area is 112 Å². The smallest absolute Gasteiger partial charge is 0.233 e. The largest absolute Gasteiger partial charge is 0.497 e. The molecule has 19 heavy (non-hydrogen) atoms. The van der Waals surface area contributed by atoms with E-state index in [-0.39, 0.29) is 6.42 Å². The molecule has 1 aromatic carbocycles. The number of carbonyl (C=O) groups excluding carboxylic acids is 1. The van der Waals surface area contributed by atoms with Gasteiger partial charge in [0.05, 0.1) is 20.5 Å². The fourth-order valence-electron chi connectivity index (χ4n) is 1.53. The molecule has 0 aliphatic rings. The summed E-state index contributed by atoms with van der Waals surface area (Å²) in [5, 5.41) is 0. The third-order valence-corrected chi connectivity index (χ3v) is 2.95. The highest BCUT2D eigenvalue weighted by atomic mass is 32.2. The molecule has 1 amide bonds. The molecule has 0 saturated heterocycles. The van der Waals surface area contributed by atoms with Crippen LogP contribution in [0.4, 0.5) is 0 Å². The Morgan fingerprint density at radius 3 is 2.11 bits per heavy atom. The standard InChI is InChI=1S/C12H17NO5S/c1-17-10-6-9(7-11(8-10)18-2)4-5-12(14)13-19(3,15)16/h6-8H,4-5H2,1-3H3,(H,13,14). The number of rotatable bonds is 6. The van der Waals surface area contributed by atoms with Crippen LogP contribution in [0, 0.1) is 0 Å². The summed E-state index contributed by atoms with van der Waals surface area (Å²) in [7, 11) is -0.429. The molecular formula is C12H17NO5S. The van der Waals surface area contributed by atoms with Gasteiger partial charge in [0.1, 0.15) is 11.5 Å². The molecule has 0 spiro atoms. The van der Waals surface area contributed by atoms with E-state index in [4.69, 9.17) is 9.47 Å². The molecule has 0 aliphatic heterocycles. The van der Waals surface area contributed by atoms with Gasteiger partial charge in [-0.05, 0) is 24.1 Å². The Balaban J connectivity index is 2.69. The number of aryl methyl sites for hydroxylation is 1. The zero-order chi connectivity index (χ0) is 14.5. The molecule has 0 radical (unpaired) electrons. The molecule has 0 aromatic heterocycles. The average molecular weight is 287 g/mol. The van der Waals surface area contributed by atoms with Crippen molar-refractivity contribution in [1.29, 1.82) is 0 Å². The summed E-state index contributed by atoms with van der Waals surface area (Å²) in [6.07, 6.45) is 1.41. The number of sulfonamides is 1. The number of hydrogen-bond acceptors (Lipinski definition) is 5. The molecule has 0 bridgehead atoms. The van der Waals surface area contributed by atoms with E-state index in [2.05, 4.69) is 0 Å².